The Balaban J connectivity index is 1.25. The summed E-state index contributed by atoms with van der Waals surface area (Å²) in [4.78, 5) is 12.4. The van der Waals surface area contributed by atoms with E-state index in [0.29, 0.717) is 28.6 Å². The smallest absolute Gasteiger partial charge is 0.236 e. The molecular formula is C22H28N6O2S2. The molecule has 1 fully saturated rings. The lowest BCUT2D eigenvalue weighted by molar-refractivity contribution is -0.113. The Morgan fingerprint density at radius 3 is 2.69 bits per heavy atom. The van der Waals surface area contributed by atoms with Crippen molar-refractivity contribution in [1.29, 1.82) is 0 Å². The predicted molar refractivity (Wildman–Crippen MR) is 126 cm³/mol. The van der Waals surface area contributed by atoms with E-state index in [4.69, 9.17) is 4.74 Å². The Labute approximate surface area is 196 Å². The minimum atomic E-state index is -0.127. The zero-order valence-corrected chi connectivity index (χ0v) is 20.0. The number of benzene rings is 1. The van der Waals surface area contributed by atoms with Gasteiger partial charge in [-0.25, -0.2) is 0 Å². The van der Waals surface area contributed by atoms with Gasteiger partial charge in [0.15, 0.2) is 11.0 Å². The van der Waals surface area contributed by atoms with E-state index in [-0.39, 0.29) is 11.7 Å². The summed E-state index contributed by atoms with van der Waals surface area (Å²) in [6.07, 6.45) is 7.13. The molecule has 0 bridgehead atoms. The molecule has 1 N–H and O–H groups in total. The van der Waals surface area contributed by atoms with Crippen molar-refractivity contribution in [3.05, 3.63) is 40.7 Å². The van der Waals surface area contributed by atoms with Crippen molar-refractivity contribution in [2.45, 2.75) is 63.1 Å². The van der Waals surface area contributed by atoms with E-state index in [1.54, 1.807) is 0 Å². The summed E-state index contributed by atoms with van der Waals surface area (Å²) in [6, 6.07) is 8.04. The van der Waals surface area contributed by atoms with Crippen molar-refractivity contribution in [2.24, 2.45) is 7.05 Å². The van der Waals surface area contributed by atoms with Gasteiger partial charge in [-0.1, -0.05) is 61.4 Å². The molecule has 2 heterocycles. The van der Waals surface area contributed by atoms with Crippen LogP contribution in [0.4, 0.5) is 5.13 Å². The number of aromatic nitrogens is 5. The highest BCUT2D eigenvalue weighted by atomic mass is 32.2. The summed E-state index contributed by atoms with van der Waals surface area (Å²) in [7, 11) is 1.88. The van der Waals surface area contributed by atoms with Crippen LogP contribution in [0.5, 0.6) is 5.75 Å². The number of amides is 1. The van der Waals surface area contributed by atoms with E-state index in [1.807, 2.05) is 23.7 Å². The fraction of sp³-hybridized carbons (Fsp3) is 0.500. The zero-order valence-electron chi connectivity index (χ0n) is 18.4. The van der Waals surface area contributed by atoms with Crippen molar-refractivity contribution >= 4 is 34.1 Å². The molecule has 0 aliphatic heterocycles. The summed E-state index contributed by atoms with van der Waals surface area (Å²) in [6.45, 7) is 2.44. The number of carbonyl (C=O) groups excluding carboxylic acids is 1. The summed E-state index contributed by atoms with van der Waals surface area (Å²) in [5, 5.41) is 22.0. The van der Waals surface area contributed by atoms with E-state index < -0.39 is 0 Å². The molecule has 1 saturated carbocycles. The molecule has 4 rings (SSSR count). The van der Waals surface area contributed by atoms with Crippen LogP contribution < -0.4 is 10.1 Å². The monoisotopic (exact) mass is 472 g/mol. The number of hydrogen-bond donors (Lipinski definition) is 1. The number of ether oxygens (including phenoxy) is 1. The molecule has 2 aromatic heterocycles. The first kappa shape index (κ1) is 22.7. The molecule has 1 aromatic carbocycles. The maximum absolute atomic E-state index is 12.4. The van der Waals surface area contributed by atoms with Crippen molar-refractivity contribution < 1.29 is 9.53 Å². The molecule has 10 heteroatoms. The first-order chi connectivity index (χ1) is 15.6. The number of nitrogens with zero attached hydrogens (tertiary/aromatic N) is 5. The van der Waals surface area contributed by atoms with Gasteiger partial charge in [0.2, 0.25) is 11.0 Å². The van der Waals surface area contributed by atoms with Crippen molar-refractivity contribution in [1.82, 2.24) is 25.0 Å². The van der Waals surface area contributed by atoms with Crippen molar-refractivity contribution in [3.8, 4) is 5.75 Å². The van der Waals surface area contributed by atoms with Crippen LogP contribution in [0.2, 0.25) is 0 Å². The number of carbonyl (C=O) groups is 1. The van der Waals surface area contributed by atoms with E-state index >= 15 is 0 Å². The highest BCUT2D eigenvalue weighted by molar-refractivity contribution is 7.99. The molecule has 170 valence electrons. The number of thioether (sulfide) groups is 1. The van der Waals surface area contributed by atoms with Crippen LogP contribution in [-0.2, 0) is 24.9 Å². The first-order valence-electron chi connectivity index (χ1n) is 11.0. The summed E-state index contributed by atoms with van der Waals surface area (Å²) in [5.74, 6) is 2.09. The zero-order chi connectivity index (χ0) is 22.3. The van der Waals surface area contributed by atoms with Gasteiger partial charge < -0.3 is 9.30 Å². The van der Waals surface area contributed by atoms with Crippen LogP contribution >= 0.6 is 23.1 Å². The molecule has 1 aliphatic rings. The maximum atomic E-state index is 12.4. The third-order valence-corrected chi connectivity index (χ3v) is 7.62. The molecule has 0 unspecified atom stereocenters. The number of nitrogens with one attached hydrogen (secondary N) is 1. The number of hydrogen-bond acceptors (Lipinski definition) is 8. The fourth-order valence-electron chi connectivity index (χ4n) is 3.65. The molecule has 1 amide bonds. The molecule has 0 spiro atoms. The lowest BCUT2D eigenvalue weighted by Crippen LogP contribution is -2.14. The van der Waals surface area contributed by atoms with E-state index in [1.165, 1.54) is 60.8 Å². The Kier molecular flexibility index (Phi) is 7.75. The fourth-order valence-corrected chi connectivity index (χ4v) is 5.31. The summed E-state index contributed by atoms with van der Waals surface area (Å²) < 4.78 is 7.67. The SMILES string of the molecule is CCc1ccc(OCc2nnc(SCC(=O)Nc3nnc(C4CCCCC4)s3)n2C)cc1. The quantitative estimate of drug-likeness (QED) is 0.455. The molecule has 8 nitrogen and oxygen atoms in total. The highest BCUT2D eigenvalue weighted by Crippen LogP contribution is 2.35. The topological polar surface area (TPSA) is 94.8 Å². The van der Waals surface area contributed by atoms with Gasteiger partial charge in [0.25, 0.3) is 0 Å². The van der Waals surface area contributed by atoms with E-state index in [0.717, 1.165) is 17.2 Å². The maximum Gasteiger partial charge on any atom is 0.236 e. The molecule has 0 radical (unpaired) electrons. The number of aryl methyl sites for hydroxylation is 1. The van der Waals surface area contributed by atoms with Crippen molar-refractivity contribution in [3.63, 3.8) is 0 Å². The van der Waals surface area contributed by atoms with Gasteiger partial charge >= 0.3 is 0 Å². The van der Waals surface area contributed by atoms with Gasteiger partial charge in [-0.15, -0.1) is 20.4 Å². The molecule has 3 aromatic rings. The van der Waals surface area contributed by atoms with E-state index in [2.05, 4.69) is 44.8 Å². The van der Waals surface area contributed by atoms with Crippen molar-refractivity contribution in [2.75, 3.05) is 11.1 Å². The predicted octanol–water partition coefficient (Wildman–Crippen LogP) is 4.59. The largest absolute Gasteiger partial charge is 0.486 e. The third kappa shape index (κ3) is 5.86. The lowest BCUT2D eigenvalue weighted by Gasteiger charge is -2.18. The molecular weight excluding hydrogens is 444 g/mol. The molecule has 1 aliphatic carbocycles. The number of rotatable bonds is 9. The molecule has 0 atom stereocenters. The second-order valence-electron chi connectivity index (χ2n) is 7.86. The second kappa shape index (κ2) is 10.9. The minimum Gasteiger partial charge on any atom is -0.486 e. The molecule has 0 saturated heterocycles. The van der Waals surface area contributed by atoms with Gasteiger partial charge in [-0.2, -0.15) is 0 Å². The Morgan fingerprint density at radius 2 is 1.94 bits per heavy atom. The average Bonchev–Trinajstić information content (AvgIpc) is 3.43. The highest BCUT2D eigenvalue weighted by Gasteiger charge is 2.20. The van der Waals surface area contributed by atoms with Gasteiger partial charge in [-0.3, -0.25) is 10.1 Å². The van der Waals surface area contributed by atoms with Crippen LogP contribution in [0.25, 0.3) is 0 Å². The van der Waals surface area contributed by atoms with Gasteiger partial charge in [0.05, 0.1) is 5.75 Å². The standard InChI is InChI=1S/C22H28N6O2S2/c1-3-15-9-11-17(12-10-15)30-13-18-24-27-22(28(18)2)31-14-19(29)23-21-26-25-20(32-21)16-7-5-4-6-8-16/h9-12,16H,3-8,13-14H2,1-2H3,(H,23,26,29). The lowest BCUT2D eigenvalue weighted by atomic mass is 9.90. The Bertz CT molecular complexity index is 1030. The van der Waals surface area contributed by atoms with Crippen LogP contribution in [0, 0.1) is 0 Å². The van der Waals surface area contributed by atoms with Crippen LogP contribution in [0.3, 0.4) is 0 Å². The van der Waals surface area contributed by atoms with E-state index in [9.17, 15) is 4.79 Å². The summed E-state index contributed by atoms with van der Waals surface area (Å²) >= 11 is 2.83. The minimum absolute atomic E-state index is 0.127. The average molecular weight is 473 g/mol. The van der Waals surface area contributed by atoms with Crippen LogP contribution in [0.1, 0.15) is 61.3 Å². The second-order valence-corrected chi connectivity index (χ2v) is 9.81. The van der Waals surface area contributed by atoms with Gasteiger partial charge in [0.1, 0.15) is 17.4 Å². The Hall–Kier alpha value is -2.46. The normalized spacial score (nSPS) is 14.4. The van der Waals surface area contributed by atoms with Gasteiger partial charge in [-0.05, 0) is 37.0 Å². The van der Waals surface area contributed by atoms with Crippen LogP contribution in [-0.4, -0.2) is 36.6 Å². The summed E-state index contributed by atoms with van der Waals surface area (Å²) in [5.41, 5.74) is 1.27. The number of anilines is 1. The third-order valence-electron chi connectivity index (χ3n) is 5.60. The van der Waals surface area contributed by atoms with Crippen LogP contribution in [0.15, 0.2) is 29.4 Å². The molecule has 32 heavy (non-hydrogen) atoms. The Morgan fingerprint density at radius 1 is 1.16 bits per heavy atom. The van der Waals surface area contributed by atoms with Gasteiger partial charge in [0, 0.05) is 13.0 Å². The first-order valence-corrected chi connectivity index (χ1v) is 12.8.